The Bertz CT molecular complexity index is 500. The first kappa shape index (κ1) is 13.9. The van der Waals surface area contributed by atoms with Crippen molar-refractivity contribution in [1.29, 1.82) is 0 Å². The smallest absolute Gasteiger partial charge is 0.126 e. The number of hydrogen-bond acceptors (Lipinski definition) is 2. The van der Waals surface area contributed by atoms with Crippen molar-refractivity contribution in [1.82, 2.24) is 0 Å². The summed E-state index contributed by atoms with van der Waals surface area (Å²) in [6.07, 6.45) is 7.18. The predicted octanol–water partition coefficient (Wildman–Crippen LogP) is 3.04. The molecule has 0 aromatic heterocycles. The molecule has 3 heteroatoms. The van der Waals surface area contributed by atoms with Crippen molar-refractivity contribution in [2.75, 3.05) is 18.0 Å². The van der Waals surface area contributed by atoms with Gasteiger partial charge in [0.05, 0.1) is 12.6 Å². The lowest BCUT2D eigenvalue weighted by atomic mass is 10.0. The summed E-state index contributed by atoms with van der Waals surface area (Å²) >= 11 is 0. The third kappa shape index (κ3) is 3.27. The van der Waals surface area contributed by atoms with E-state index in [2.05, 4.69) is 10.8 Å². The Balaban J connectivity index is 2.38. The molecular weight excluding hydrogens is 241 g/mol. The predicted molar refractivity (Wildman–Crippen MR) is 75.5 cm³/mol. The minimum absolute atomic E-state index is 0.285. The van der Waals surface area contributed by atoms with Gasteiger partial charge in [-0.1, -0.05) is 5.92 Å². The van der Waals surface area contributed by atoms with Gasteiger partial charge in [0, 0.05) is 17.8 Å². The van der Waals surface area contributed by atoms with Crippen LogP contribution in [0.1, 0.15) is 37.0 Å². The number of aliphatic hydroxyl groups is 1. The summed E-state index contributed by atoms with van der Waals surface area (Å²) in [7, 11) is 0. The highest BCUT2D eigenvalue weighted by Crippen LogP contribution is 2.34. The standard InChI is InChI=1S/C16H20FNO/c1-4-7-18(10-13-5-6-13)16-8-11(2)15(17)9-14(16)12(3)19/h1,8-9,12-13,19H,5-7,10H2,2-3H3. The van der Waals surface area contributed by atoms with Crippen LogP contribution < -0.4 is 4.90 Å². The molecule has 1 saturated carbocycles. The second-order valence-electron chi connectivity index (χ2n) is 5.36. The van der Waals surface area contributed by atoms with Gasteiger partial charge < -0.3 is 10.0 Å². The Morgan fingerprint density at radius 3 is 2.74 bits per heavy atom. The number of halogens is 1. The lowest BCUT2D eigenvalue weighted by molar-refractivity contribution is 0.199. The molecule has 0 radical (unpaired) electrons. The molecule has 1 atom stereocenters. The van der Waals surface area contributed by atoms with E-state index in [4.69, 9.17) is 6.42 Å². The van der Waals surface area contributed by atoms with Crippen LogP contribution in [0, 0.1) is 31.0 Å². The quantitative estimate of drug-likeness (QED) is 0.824. The summed E-state index contributed by atoms with van der Waals surface area (Å²) < 4.78 is 13.7. The molecule has 1 aromatic carbocycles. The summed E-state index contributed by atoms with van der Waals surface area (Å²) in [5.41, 5.74) is 2.05. The first-order valence-electron chi connectivity index (χ1n) is 6.69. The Labute approximate surface area is 114 Å². The normalized spacial score (nSPS) is 15.9. The molecule has 0 saturated heterocycles. The fourth-order valence-electron chi connectivity index (χ4n) is 2.26. The number of hydrogen-bond donors (Lipinski definition) is 1. The molecule has 0 spiro atoms. The van der Waals surface area contributed by atoms with Crippen molar-refractivity contribution in [2.24, 2.45) is 5.92 Å². The molecule has 102 valence electrons. The molecule has 0 aliphatic heterocycles. The van der Waals surface area contributed by atoms with Crippen LogP contribution in [0.4, 0.5) is 10.1 Å². The zero-order chi connectivity index (χ0) is 14.0. The van der Waals surface area contributed by atoms with Gasteiger partial charge >= 0.3 is 0 Å². The third-order valence-electron chi connectivity index (χ3n) is 3.56. The van der Waals surface area contributed by atoms with E-state index in [1.54, 1.807) is 19.9 Å². The minimum Gasteiger partial charge on any atom is -0.389 e. The van der Waals surface area contributed by atoms with Gasteiger partial charge in [-0.3, -0.25) is 0 Å². The Morgan fingerprint density at radius 2 is 2.21 bits per heavy atom. The number of rotatable bonds is 5. The van der Waals surface area contributed by atoms with Crippen molar-refractivity contribution in [3.8, 4) is 12.3 Å². The highest BCUT2D eigenvalue weighted by molar-refractivity contribution is 5.57. The van der Waals surface area contributed by atoms with E-state index in [0.717, 1.165) is 12.2 Å². The maximum Gasteiger partial charge on any atom is 0.126 e. The van der Waals surface area contributed by atoms with Crippen molar-refractivity contribution >= 4 is 5.69 Å². The third-order valence-corrected chi connectivity index (χ3v) is 3.56. The molecule has 1 aliphatic carbocycles. The summed E-state index contributed by atoms with van der Waals surface area (Å²) in [6.45, 7) is 4.75. The molecule has 19 heavy (non-hydrogen) atoms. The lowest BCUT2D eigenvalue weighted by Crippen LogP contribution is -2.27. The van der Waals surface area contributed by atoms with Crippen molar-refractivity contribution in [3.63, 3.8) is 0 Å². The average Bonchev–Trinajstić information content (AvgIpc) is 3.15. The molecule has 1 unspecified atom stereocenters. The van der Waals surface area contributed by atoms with Gasteiger partial charge in [0.2, 0.25) is 0 Å². The molecule has 1 aliphatic rings. The molecule has 0 bridgehead atoms. The highest BCUT2D eigenvalue weighted by atomic mass is 19.1. The van der Waals surface area contributed by atoms with E-state index in [1.807, 2.05) is 0 Å². The molecule has 1 fully saturated rings. The van der Waals surface area contributed by atoms with E-state index >= 15 is 0 Å². The van der Waals surface area contributed by atoms with Gasteiger partial charge in [0.1, 0.15) is 5.82 Å². The Kier molecular flexibility index (Phi) is 4.11. The van der Waals surface area contributed by atoms with Crippen LogP contribution in [-0.4, -0.2) is 18.2 Å². The largest absolute Gasteiger partial charge is 0.389 e. The van der Waals surface area contributed by atoms with Gasteiger partial charge in [-0.05, 0) is 50.3 Å². The Morgan fingerprint density at radius 1 is 1.53 bits per heavy atom. The molecule has 1 aromatic rings. The van der Waals surface area contributed by atoms with Crippen molar-refractivity contribution in [3.05, 3.63) is 29.1 Å². The second kappa shape index (κ2) is 5.63. The molecule has 2 nitrogen and oxygen atoms in total. The fraction of sp³-hybridized carbons (Fsp3) is 0.500. The van der Waals surface area contributed by atoms with Crippen LogP contribution in [0.3, 0.4) is 0 Å². The number of benzene rings is 1. The zero-order valence-electron chi connectivity index (χ0n) is 11.5. The Hall–Kier alpha value is -1.53. The zero-order valence-corrected chi connectivity index (χ0v) is 11.5. The van der Waals surface area contributed by atoms with Gasteiger partial charge in [0.25, 0.3) is 0 Å². The number of aliphatic hydroxyl groups excluding tert-OH is 1. The topological polar surface area (TPSA) is 23.5 Å². The van der Waals surface area contributed by atoms with Gasteiger partial charge in [-0.15, -0.1) is 6.42 Å². The van der Waals surface area contributed by atoms with Gasteiger partial charge in [-0.25, -0.2) is 4.39 Å². The molecule has 2 rings (SSSR count). The molecule has 0 heterocycles. The van der Waals surface area contributed by atoms with Gasteiger partial charge in [0.15, 0.2) is 0 Å². The lowest BCUT2D eigenvalue weighted by Gasteiger charge is -2.27. The maximum absolute atomic E-state index is 13.7. The van der Waals surface area contributed by atoms with Gasteiger partial charge in [-0.2, -0.15) is 0 Å². The number of nitrogens with zero attached hydrogens (tertiary/aromatic N) is 1. The SMILES string of the molecule is C#CCN(CC1CC1)c1cc(C)c(F)cc1C(C)O. The second-order valence-corrected chi connectivity index (χ2v) is 5.36. The average molecular weight is 261 g/mol. The summed E-state index contributed by atoms with van der Waals surface area (Å²) in [4.78, 5) is 2.08. The van der Waals surface area contributed by atoms with Crippen LogP contribution in [0.15, 0.2) is 12.1 Å². The number of anilines is 1. The van der Waals surface area contributed by atoms with Crippen LogP contribution >= 0.6 is 0 Å². The maximum atomic E-state index is 13.7. The van der Waals surface area contributed by atoms with Crippen molar-refractivity contribution < 1.29 is 9.50 Å². The molecule has 1 N–H and O–H groups in total. The minimum atomic E-state index is -0.704. The van der Waals surface area contributed by atoms with E-state index in [1.165, 1.54) is 18.9 Å². The monoisotopic (exact) mass is 261 g/mol. The summed E-state index contributed by atoms with van der Waals surface area (Å²) in [6, 6.07) is 3.21. The summed E-state index contributed by atoms with van der Waals surface area (Å²) in [5, 5.41) is 9.84. The molecule has 0 amide bonds. The first-order valence-corrected chi connectivity index (χ1v) is 6.69. The number of aryl methyl sites for hydroxylation is 1. The highest BCUT2D eigenvalue weighted by Gasteiger charge is 2.26. The number of terminal acetylenes is 1. The van der Waals surface area contributed by atoms with Crippen LogP contribution in [0.5, 0.6) is 0 Å². The van der Waals surface area contributed by atoms with E-state index < -0.39 is 6.10 Å². The van der Waals surface area contributed by atoms with Crippen LogP contribution in [-0.2, 0) is 0 Å². The van der Waals surface area contributed by atoms with E-state index in [0.29, 0.717) is 23.6 Å². The molecular formula is C16H20FNO. The van der Waals surface area contributed by atoms with Crippen molar-refractivity contribution in [2.45, 2.75) is 32.8 Å². The van der Waals surface area contributed by atoms with Crippen LogP contribution in [0.25, 0.3) is 0 Å². The van der Waals surface area contributed by atoms with E-state index in [9.17, 15) is 9.50 Å². The summed E-state index contributed by atoms with van der Waals surface area (Å²) in [5.74, 6) is 3.05. The fourth-order valence-corrected chi connectivity index (χ4v) is 2.26. The van der Waals surface area contributed by atoms with Crippen LogP contribution in [0.2, 0.25) is 0 Å². The first-order chi connectivity index (χ1) is 9.02. The van der Waals surface area contributed by atoms with E-state index in [-0.39, 0.29) is 5.82 Å².